The van der Waals surface area contributed by atoms with E-state index in [0.29, 0.717) is 43.2 Å². The first-order valence-electron chi connectivity index (χ1n) is 5.18. The number of rotatable bonds is 3. The van der Waals surface area contributed by atoms with E-state index in [0.717, 1.165) is 0 Å². The van der Waals surface area contributed by atoms with Crippen LogP contribution in [-0.4, -0.2) is 31.9 Å². The predicted molar refractivity (Wildman–Crippen MR) is 56.7 cm³/mol. The molecule has 0 aliphatic carbocycles. The summed E-state index contributed by atoms with van der Waals surface area (Å²) >= 11 is 0. The van der Waals surface area contributed by atoms with Crippen molar-refractivity contribution >= 4 is 0 Å². The van der Waals surface area contributed by atoms with E-state index in [1.54, 1.807) is 7.05 Å². The summed E-state index contributed by atoms with van der Waals surface area (Å²) in [4.78, 5) is 0. The minimum Gasteiger partial charge on any atom is -0.505 e. The lowest BCUT2D eigenvalue weighted by atomic mass is 10.1. The van der Waals surface area contributed by atoms with Gasteiger partial charge in [0.1, 0.15) is 13.2 Å². The Morgan fingerprint density at radius 1 is 1.44 bits per heavy atom. The zero-order valence-corrected chi connectivity index (χ0v) is 9.05. The van der Waals surface area contributed by atoms with Crippen molar-refractivity contribution in [3.8, 4) is 17.2 Å². The lowest BCUT2D eigenvalue weighted by molar-refractivity contribution is 0.167. The second-order valence-electron chi connectivity index (χ2n) is 3.57. The summed E-state index contributed by atoms with van der Waals surface area (Å²) in [5.74, 6) is -0.192. The zero-order chi connectivity index (χ0) is 11.5. The molecule has 0 fully saturated rings. The summed E-state index contributed by atoms with van der Waals surface area (Å²) in [6.45, 7) is 1.43. The summed E-state index contributed by atoms with van der Waals surface area (Å²) in [5, 5.41) is 12.3. The molecule has 1 aliphatic rings. The Labute approximate surface area is 93.0 Å². The van der Waals surface area contributed by atoms with Gasteiger partial charge in [-0.3, -0.25) is 0 Å². The number of ether oxygens (including phenoxy) is 2. The number of likely N-dealkylation sites (N-methyl/N-ethyl adjacent to an activating group) is 1. The maximum atomic E-state index is 13.7. The van der Waals surface area contributed by atoms with Crippen molar-refractivity contribution in [2.75, 3.05) is 26.8 Å². The van der Waals surface area contributed by atoms with E-state index in [2.05, 4.69) is 5.32 Å². The number of phenolic OH excluding ortho intramolecular Hbond substituents is 1. The third kappa shape index (κ3) is 1.90. The number of fused-ring (bicyclic) bond motifs is 1. The third-order valence-corrected chi connectivity index (χ3v) is 2.47. The van der Waals surface area contributed by atoms with Gasteiger partial charge < -0.3 is 19.9 Å². The number of phenols is 1. The fourth-order valence-electron chi connectivity index (χ4n) is 1.69. The Morgan fingerprint density at radius 3 is 2.94 bits per heavy atom. The molecule has 0 aromatic heterocycles. The van der Waals surface area contributed by atoms with Crippen LogP contribution in [0, 0.1) is 5.82 Å². The molecule has 1 aliphatic heterocycles. The second-order valence-corrected chi connectivity index (χ2v) is 3.57. The molecule has 5 heteroatoms. The first-order valence-corrected chi connectivity index (χ1v) is 5.18. The first-order chi connectivity index (χ1) is 7.74. The van der Waals surface area contributed by atoms with Crippen LogP contribution in [0.15, 0.2) is 6.07 Å². The third-order valence-electron chi connectivity index (χ3n) is 2.47. The number of hydrogen-bond acceptors (Lipinski definition) is 4. The lowest BCUT2D eigenvalue weighted by Crippen LogP contribution is -2.19. The number of hydrogen-bond donors (Lipinski definition) is 2. The quantitative estimate of drug-likeness (QED) is 0.810. The highest BCUT2D eigenvalue weighted by Crippen LogP contribution is 2.40. The normalized spacial score (nSPS) is 13.9. The van der Waals surface area contributed by atoms with Crippen LogP contribution >= 0.6 is 0 Å². The molecule has 0 atom stereocenters. The average molecular weight is 227 g/mol. The molecule has 1 heterocycles. The Balaban J connectivity index is 2.41. The largest absolute Gasteiger partial charge is 0.505 e. The van der Waals surface area contributed by atoms with E-state index in [9.17, 15) is 9.50 Å². The summed E-state index contributed by atoms with van der Waals surface area (Å²) in [6.07, 6.45) is 0.447. The Morgan fingerprint density at radius 2 is 2.19 bits per heavy atom. The molecule has 0 spiro atoms. The molecular formula is C11H14FNO3. The number of aromatic hydroxyl groups is 1. The van der Waals surface area contributed by atoms with Crippen LogP contribution in [0.2, 0.25) is 0 Å². The lowest BCUT2D eigenvalue weighted by Gasteiger charge is -2.22. The summed E-state index contributed by atoms with van der Waals surface area (Å²) in [7, 11) is 1.78. The van der Waals surface area contributed by atoms with Crippen molar-refractivity contribution in [2.24, 2.45) is 0 Å². The van der Waals surface area contributed by atoms with Gasteiger partial charge in [-0.15, -0.1) is 0 Å². The van der Waals surface area contributed by atoms with E-state index in [4.69, 9.17) is 9.47 Å². The molecule has 88 valence electrons. The number of nitrogens with one attached hydrogen (secondary N) is 1. The van der Waals surface area contributed by atoms with Crippen molar-refractivity contribution in [3.63, 3.8) is 0 Å². The van der Waals surface area contributed by atoms with E-state index in [-0.39, 0.29) is 0 Å². The van der Waals surface area contributed by atoms with Crippen molar-refractivity contribution in [1.82, 2.24) is 5.32 Å². The van der Waals surface area contributed by atoms with Gasteiger partial charge in [0.05, 0.1) is 0 Å². The van der Waals surface area contributed by atoms with Crippen molar-refractivity contribution in [3.05, 3.63) is 17.4 Å². The van der Waals surface area contributed by atoms with Gasteiger partial charge in [0.15, 0.2) is 23.1 Å². The Hall–Kier alpha value is -1.49. The molecule has 2 N–H and O–H groups in total. The number of benzene rings is 1. The van der Waals surface area contributed by atoms with E-state index in [1.807, 2.05) is 0 Å². The minimum absolute atomic E-state index is 0.365. The van der Waals surface area contributed by atoms with Crippen LogP contribution in [-0.2, 0) is 6.42 Å². The predicted octanol–water partition coefficient (Wildman–Crippen LogP) is 1.06. The monoisotopic (exact) mass is 227 g/mol. The molecule has 16 heavy (non-hydrogen) atoms. The minimum atomic E-state index is -0.625. The number of halogens is 1. The topological polar surface area (TPSA) is 50.7 Å². The molecule has 0 radical (unpaired) electrons. The second kappa shape index (κ2) is 4.57. The van der Waals surface area contributed by atoms with Crippen LogP contribution in [0.3, 0.4) is 0 Å². The van der Waals surface area contributed by atoms with Gasteiger partial charge in [-0.25, -0.2) is 4.39 Å². The first kappa shape index (κ1) is 11.0. The van der Waals surface area contributed by atoms with Gasteiger partial charge in [0.2, 0.25) is 0 Å². The van der Waals surface area contributed by atoms with Gasteiger partial charge in [0.25, 0.3) is 0 Å². The summed E-state index contributed by atoms with van der Waals surface area (Å²) < 4.78 is 24.4. The molecule has 0 amide bonds. The highest BCUT2D eigenvalue weighted by molar-refractivity contribution is 5.53. The molecule has 0 saturated heterocycles. The molecule has 1 aromatic carbocycles. The zero-order valence-electron chi connectivity index (χ0n) is 9.05. The van der Waals surface area contributed by atoms with Crippen LogP contribution in [0.25, 0.3) is 0 Å². The smallest absolute Gasteiger partial charge is 0.172 e. The molecule has 0 bridgehead atoms. The van der Waals surface area contributed by atoms with Crippen molar-refractivity contribution in [1.29, 1.82) is 0 Å². The van der Waals surface area contributed by atoms with Gasteiger partial charge in [-0.2, -0.15) is 0 Å². The van der Waals surface area contributed by atoms with E-state index < -0.39 is 11.6 Å². The summed E-state index contributed by atoms with van der Waals surface area (Å²) in [5.41, 5.74) is 0.365. The molecular weight excluding hydrogens is 213 g/mol. The molecule has 0 unspecified atom stereocenters. The Bertz CT molecular complexity index is 395. The van der Waals surface area contributed by atoms with Crippen LogP contribution in [0.4, 0.5) is 4.39 Å². The van der Waals surface area contributed by atoms with Crippen LogP contribution < -0.4 is 14.8 Å². The molecule has 2 rings (SSSR count). The standard InChI is InChI=1S/C11H14FNO3/c1-13-3-2-7-10(12)8(14)6-9-11(7)16-5-4-15-9/h6,13-14H,2-5H2,1H3. The average Bonchev–Trinajstić information content (AvgIpc) is 2.30. The maximum Gasteiger partial charge on any atom is 0.172 e. The Kier molecular flexibility index (Phi) is 3.14. The highest BCUT2D eigenvalue weighted by Gasteiger charge is 2.22. The van der Waals surface area contributed by atoms with Gasteiger partial charge >= 0.3 is 0 Å². The fraction of sp³-hybridized carbons (Fsp3) is 0.455. The van der Waals surface area contributed by atoms with Gasteiger partial charge in [-0.05, 0) is 20.0 Å². The van der Waals surface area contributed by atoms with Crippen LogP contribution in [0.5, 0.6) is 17.2 Å². The van der Waals surface area contributed by atoms with Crippen molar-refractivity contribution < 1.29 is 19.0 Å². The van der Waals surface area contributed by atoms with Crippen LogP contribution in [0.1, 0.15) is 5.56 Å². The maximum absolute atomic E-state index is 13.7. The fourth-order valence-corrected chi connectivity index (χ4v) is 1.69. The molecule has 0 saturated carbocycles. The summed E-state index contributed by atoms with van der Waals surface area (Å²) in [6, 6.07) is 1.26. The molecule has 1 aromatic rings. The SMILES string of the molecule is CNCCc1c(F)c(O)cc2c1OCCO2. The van der Waals surface area contributed by atoms with Gasteiger partial charge in [0, 0.05) is 11.6 Å². The van der Waals surface area contributed by atoms with Gasteiger partial charge in [-0.1, -0.05) is 0 Å². The van der Waals surface area contributed by atoms with Crippen molar-refractivity contribution in [2.45, 2.75) is 6.42 Å². The van der Waals surface area contributed by atoms with E-state index in [1.165, 1.54) is 6.07 Å². The highest BCUT2D eigenvalue weighted by atomic mass is 19.1. The van der Waals surface area contributed by atoms with E-state index >= 15 is 0 Å². The molecule has 4 nitrogen and oxygen atoms in total.